The maximum atomic E-state index is 12.1. The smallest absolute Gasteiger partial charge is 0.264 e. The van der Waals surface area contributed by atoms with Gasteiger partial charge < -0.3 is 10.1 Å². The fourth-order valence-corrected chi connectivity index (χ4v) is 3.82. The van der Waals surface area contributed by atoms with Crippen LogP contribution in [0.2, 0.25) is 0 Å². The van der Waals surface area contributed by atoms with Crippen LogP contribution in [0.3, 0.4) is 0 Å². The van der Waals surface area contributed by atoms with Crippen LogP contribution in [0.4, 0.5) is 10.8 Å². The highest BCUT2D eigenvalue weighted by Gasteiger charge is 2.15. The molecule has 2 N–H and O–H groups in total. The SMILES string of the molecule is Cc1ccc2nc(NC(=O)COc3ccc4c(c3)CCC(=O)N4)sc2c1. The molecule has 1 aliphatic rings. The topological polar surface area (TPSA) is 80.3 Å². The van der Waals surface area contributed by atoms with Crippen molar-refractivity contribution in [1.82, 2.24) is 4.98 Å². The minimum atomic E-state index is -0.258. The van der Waals surface area contributed by atoms with E-state index in [1.165, 1.54) is 11.3 Å². The normalized spacial score (nSPS) is 13.2. The van der Waals surface area contributed by atoms with Crippen LogP contribution in [0.25, 0.3) is 10.2 Å². The van der Waals surface area contributed by atoms with Crippen LogP contribution in [0.15, 0.2) is 36.4 Å². The molecule has 1 aliphatic heterocycles. The average Bonchev–Trinajstić information content (AvgIpc) is 3.01. The Morgan fingerprint density at radius 3 is 3.04 bits per heavy atom. The number of carbonyl (C=O) groups excluding carboxylic acids is 2. The fourth-order valence-electron chi connectivity index (χ4n) is 2.84. The van der Waals surface area contributed by atoms with Gasteiger partial charge in [-0.15, -0.1) is 0 Å². The standard InChI is InChI=1S/C19H17N3O3S/c1-11-2-5-15-16(8-11)26-19(21-15)22-18(24)10-25-13-4-6-14-12(9-13)3-7-17(23)20-14/h2,4-6,8-9H,3,7,10H2,1H3,(H,20,23)(H,21,22,24). The molecule has 0 atom stereocenters. The van der Waals surface area contributed by atoms with Crippen molar-refractivity contribution in [3.8, 4) is 5.75 Å². The second kappa shape index (κ2) is 6.76. The third kappa shape index (κ3) is 3.52. The summed E-state index contributed by atoms with van der Waals surface area (Å²) in [6, 6.07) is 11.4. The predicted octanol–water partition coefficient (Wildman–Crippen LogP) is 3.51. The predicted molar refractivity (Wildman–Crippen MR) is 102 cm³/mol. The van der Waals surface area contributed by atoms with Gasteiger partial charge in [-0.2, -0.15) is 0 Å². The Bertz CT molecular complexity index is 1010. The van der Waals surface area contributed by atoms with Crippen molar-refractivity contribution in [2.75, 3.05) is 17.2 Å². The minimum Gasteiger partial charge on any atom is -0.484 e. The number of fused-ring (bicyclic) bond motifs is 2. The molecule has 0 saturated heterocycles. The lowest BCUT2D eigenvalue weighted by molar-refractivity contribution is -0.118. The molecule has 1 aromatic heterocycles. The number of aromatic nitrogens is 1. The number of aryl methyl sites for hydroxylation is 2. The number of ether oxygens (including phenoxy) is 1. The van der Waals surface area contributed by atoms with E-state index in [9.17, 15) is 9.59 Å². The van der Waals surface area contributed by atoms with Crippen LogP contribution in [-0.4, -0.2) is 23.4 Å². The number of rotatable bonds is 4. The number of carbonyl (C=O) groups is 2. The van der Waals surface area contributed by atoms with E-state index in [1.807, 2.05) is 31.2 Å². The monoisotopic (exact) mass is 367 g/mol. The van der Waals surface area contributed by atoms with Crippen LogP contribution >= 0.6 is 11.3 Å². The molecule has 0 unspecified atom stereocenters. The molecule has 2 heterocycles. The molecule has 4 rings (SSSR count). The first-order chi connectivity index (χ1) is 12.6. The van der Waals surface area contributed by atoms with E-state index >= 15 is 0 Å². The van der Waals surface area contributed by atoms with Gasteiger partial charge in [0.05, 0.1) is 10.2 Å². The maximum absolute atomic E-state index is 12.1. The highest BCUT2D eigenvalue weighted by Crippen LogP contribution is 2.28. The second-order valence-corrected chi connectivity index (χ2v) is 7.22. The molecule has 0 aliphatic carbocycles. The quantitative estimate of drug-likeness (QED) is 0.739. The van der Waals surface area contributed by atoms with Crippen molar-refractivity contribution >= 4 is 44.2 Å². The van der Waals surface area contributed by atoms with Crippen molar-refractivity contribution in [1.29, 1.82) is 0 Å². The van der Waals surface area contributed by atoms with E-state index in [-0.39, 0.29) is 18.4 Å². The van der Waals surface area contributed by atoms with Gasteiger partial charge >= 0.3 is 0 Å². The number of nitrogens with one attached hydrogen (secondary N) is 2. The zero-order valence-electron chi connectivity index (χ0n) is 14.2. The molecule has 0 spiro atoms. The van der Waals surface area contributed by atoms with Crippen LogP contribution in [0.1, 0.15) is 17.5 Å². The Morgan fingerprint density at radius 2 is 2.15 bits per heavy atom. The third-order valence-corrected chi connectivity index (χ3v) is 5.07. The summed E-state index contributed by atoms with van der Waals surface area (Å²) in [7, 11) is 0. The molecule has 3 aromatic rings. The Labute approximate surface area is 154 Å². The van der Waals surface area contributed by atoms with Gasteiger partial charge in [0.25, 0.3) is 5.91 Å². The number of thiazole rings is 1. The van der Waals surface area contributed by atoms with Crippen LogP contribution in [0, 0.1) is 6.92 Å². The Kier molecular flexibility index (Phi) is 4.30. The lowest BCUT2D eigenvalue weighted by Gasteiger charge is -2.17. The van der Waals surface area contributed by atoms with Crippen LogP contribution in [-0.2, 0) is 16.0 Å². The molecular formula is C19H17N3O3S. The number of hydrogen-bond donors (Lipinski definition) is 2. The van der Waals surface area contributed by atoms with Gasteiger partial charge in [-0.05, 0) is 54.8 Å². The number of benzene rings is 2. The number of amides is 2. The molecule has 26 heavy (non-hydrogen) atoms. The molecule has 0 fully saturated rings. The average molecular weight is 367 g/mol. The summed E-state index contributed by atoms with van der Waals surface area (Å²) in [6.07, 6.45) is 1.14. The second-order valence-electron chi connectivity index (χ2n) is 6.19. The summed E-state index contributed by atoms with van der Waals surface area (Å²) in [5.74, 6) is 0.373. The molecule has 132 valence electrons. The van der Waals surface area contributed by atoms with E-state index < -0.39 is 0 Å². The molecule has 2 amide bonds. The molecule has 0 radical (unpaired) electrons. The zero-order chi connectivity index (χ0) is 18.1. The van der Waals surface area contributed by atoms with Gasteiger partial charge in [-0.3, -0.25) is 14.9 Å². The Balaban J connectivity index is 1.38. The maximum Gasteiger partial charge on any atom is 0.264 e. The van der Waals surface area contributed by atoms with Crippen molar-refractivity contribution < 1.29 is 14.3 Å². The van der Waals surface area contributed by atoms with Crippen LogP contribution < -0.4 is 15.4 Å². The van der Waals surface area contributed by atoms with Gasteiger partial charge in [-0.1, -0.05) is 17.4 Å². The van der Waals surface area contributed by atoms with Gasteiger partial charge in [0.15, 0.2) is 11.7 Å². The fraction of sp³-hybridized carbons (Fsp3) is 0.211. The molecule has 2 aromatic carbocycles. The van der Waals surface area contributed by atoms with Crippen molar-refractivity contribution in [3.63, 3.8) is 0 Å². The summed E-state index contributed by atoms with van der Waals surface area (Å²) in [5.41, 5.74) is 3.85. The highest BCUT2D eigenvalue weighted by molar-refractivity contribution is 7.22. The number of anilines is 2. The van der Waals surface area contributed by atoms with Gasteiger partial charge in [0, 0.05) is 12.1 Å². The first-order valence-electron chi connectivity index (χ1n) is 8.29. The lowest BCUT2D eigenvalue weighted by Crippen LogP contribution is -2.21. The number of nitrogens with zero attached hydrogens (tertiary/aromatic N) is 1. The third-order valence-electron chi connectivity index (χ3n) is 4.13. The van der Waals surface area contributed by atoms with E-state index in [0.717, 1.165) is 27.0 Å². The number of hydrogen-bond acceptors (Lipinski definition) is 5. The van der Waals surface area contributed by atoms with E-state index in [1.54, 1.807) is 12.1 Å². The summed E-state index contributed by atoms with van der Waals surface area (Å²) in [5, 5.41) is 6.16. The molecular weight excluding hydrogens is 350 g/mol. The Morgan fingerprint density at radius 1 is 1.27 bits per heavy atom. The Hall–Kier alpha value is -2.93. The van der Waals surface area contributed by atoms with Gasteiger partial charge in [0.1, 0.15) is 5.75 Å². The molecule has 7 heteroatoms. The minimum absolute atomic E-state index is 0.0246. The first-order valence-corrected chi connectivity index (χ1v) is 9.11. The van der Waals surface area contributed by atoms with E-state index in [4.69, 9.17) is 4.74 Å². The highest BCUT2D eigenvalue weighted by atomic mass is 32.1. The summed E-state index contributed by atoms with van der Waals surface area (Å²) < 4.78 is 6.62. The summed E-state index contributed by atoms with van der Waals surface area (Å²) in [6.45, 7) is 1.93. The molecule has 0 saturated carbocycles. The van der Waals surface area contributed by atoms with Gasteiger partial charge in [0.2, 0.25) is 5.91 Å². The van der Waals surface area contributed by atoms with Crippen molar-refractivity contribution in [2.24, 2.45) is 0 Å². The summed E-state index contributed by atoms with van der Waals surface area (Å²) >= 11 is 1.44. The molecule has 0 bridgehead atoms. The van der Waals surface area contributed by atoms with E-state index in [2.05, 4.69) is 15.6 Å². The van der Waals surface area contributed by atoms with Crippen LogP contribution in [0.5, 0.6) is 5.75 Å². The first kappa shape index (κ1) is 16.5. The molecule has 6 nitrogen and oxygen atoms in total. The largest absolute Gasteiger partial charge is 0.484 e. The van der Waals surface area contributed by atoms with Gasteiger partial charge in [-0.25, -0.2) is 4.98 Å². The van der Waals surface area contributed by atoms with Crippen molar-refractivity contribution in [3.05, 3.63) is 47.5 Å². The summed E-state index contributed by atoms with van der Waals surface area (Å²) in [4.78, 5) is 27.9. The zero-order valence-corrected chi connectivity index (χ0v) is 15.0. The van der Waals surface area contributed by atoms with E-state index in [0.29, 0.717) is 23.7 Å². The lowest BCUT2D eigenvalue weighted by atomic mass is 10.0. The van der Waals surface area contributed by atoms with Crippen molar-refractivity contribution in [2.45, 2.75) is 19.8 Å².